The number of rotatable bonds is 3. The number of thioether (sulfide) groups is 1. The second-order valence-electron chi connectivity index (χ2n) is 4.21. The number of anilines is 1. The largest absolute Gasteiger partial charge is 0.384 e. The summed E-state index contributed by atoms with van der Waals surface area (Å²) in [5.74, 6) is 1.05. The van der Waals surface area contributed by atoms with Crippen LogP contribution in [-0.4, -0.2) is 15.0 Å². The highest BCUT2D eigenvalue weighted by molar-refractivity contribution is 7.98. The minimum atomic E-state index is 0.353. The molecule has 6 heteroatoms. The van der Waals surface area contributed by atoms with Crippen LogP contribution in [-0.2, 0) is 5.75 Å². The van der Waals surface area contributed by atoms with Crippen LogP contribution in [0.25, 0.3) is 10.8 Å². The zero-order chi connectivity index (χ0) is 13.9. The van der Waals surface area contributed by atoms with E-state index in [4.69, 9.17) is 17.3 Å². The molecule has 4 nitrogen and oxygen atoms in total. The Kier molecular flexibility index (Phi) is 3.71. The Morgan fingerprint density at radius 2 is 1.90 bits per heavy atom. The van der Waals surface area contributed by atoms with Crippen LogP contribution in [0.15, 0.2) is 47.8 Å². The van der Waals surface area contributed by atoms with Gasteiger partial charge in [-0.1, -0.05) is 47.6 Å². The lowest BCUT2D eigenvalue weighted by Gasteiger charge is -2.03. The third-order valence-electron chi connectivity index (χ3n) is 2.73. The molecule has 0 aliphatic carbocycles. The number of halogens is 1. The van der Waals surface area contributed by atoms with Gasteiger partial charge in [0.1, 0.15) is 11.0 Å². The van der Waals surface area contributed by atoms with Gasteiger partial charge in [0.15, 0.2) is 5.16 Å². The molecule has 20 heavy (non-hydrogen) atoms. The van der Waals surface area contributed by atoms with Gasteiger partial charge >= 0.3 is 0 Å². The number of nitrogen functional groups attached to an aromatic ring is 1. The first-order chi connectivity index (χ1) is 9.70. The quantitative estimate of drug-likeness (QED) is 0.455. The minimum Gasteiger partial charge on any atom is -0.384 e. The van der Waals surface area contributed by atoms with Gasteiger partial charge in [-0.25, -0.2) is 9.97 Å². The second kappa shape index (κ2) is 5.64. The number of nitrogens with two attached hydrogens (primary N) is 1. The van der Waals surface area contributed by atoms with Crippen LogP contribution in [0.3, 0.4) is 0 Å². The predicted molar refractivity (Wildman–Crippen MR) is 82.8 cm³/mol. The Hall–Kier alpha value is -1.85. The number of hydrogen-bond acceptors (Lipinski definition) is 5. The van der Waals surface area contributed by atoms with Gasteiger partial charge < -0.3 is 5.73 Å². The summed E-state index contributed by atoms with van der Waals surface area (Å²) in [5.41, 5.74) is 6.61. The van der Waals surface area contributed by atoms with Crippen LogP contribution in [0.4, 0.5) is 5.82 Å². The van der Waals surface area contributed by atoms with Crippen LogP contribution in [0, 0.1) is 0 Å². The molecule has 0 aliphatic heterocycles. The van der Waals surface area contributed by atoms with E-state index in [1.54, 1.807) is 0 Å². The molecule has 0 spiro atoms. The average Bonchev–Trinajstić information content (AvgIpc) is 2.44. The molecule has 2 heterocycles. The highest BCUT2D eigenvalue weighted by Gasteiger charge is 2.04. The monoisotopic (exact) mass is 302 g/mol. The normalized spacial score (nSPS) is 10.8. The van der Waals surface area contributed by atoms with E-state index >= 15 is 0 Å². The van der Waals surface area contributed by atoms with E-state index < -0.39 is 0 Å². The summed E-state index contributed by atoms with van der Waals surface area (Å²) in [6.45, 7) is 0. The first-order valence-corrected chi connectivity index (χ1v) is 7.33. The predicted octanol–water partition coefficient (Wildman–Crippen LogP) is 3.55. The summed E-state index contributed by atoms with van der Waals surface area (Å²) in [4.78, 5) is 12.7. The highest BCUT2D eigenvalue weighted by Crippen LogP contribution is 2.22. The molecule has 100 valence electrons. The SMILES string of the molecule is Nc1cc(Cl)nc(SCc2cc3ccccc3cn2)n1. The number of pyridine rings is 1. The van der Waals surface area contributed by atoms with Gasteiger partial charge in [-0.3, -0.25) is 4.98 Å². The van der Waals surface area contributed by atoms with E-state index in [9.17, 15) is 0 Å². The van der Waals surface area contributed by atoms with Crippen LogP contribution >= 0.6 is 23.4 Å². The summed E-state index contributed by atoms with van der Waals surface area (Å²) in [7, 11) is 0. The van der Waals surface area contributed by atoms with E-state index in [1.807, 2.05) is 24.4 Å². The number of aromatic nitrogens is 3. The lowest BCUT2D eigenvalue weighted by Crippen LogP contribution is -1.95. The molecule has 0 fully saturated rings. The fraction of sp³-hybridized carbons (Fsp3) is 0.0714. The maximum absolute atomic E-state index is 5.85. The van der Waals surface area contributed by atoms with Crippen molar-refractivity contribution in [2.24, 2.45) is 0 Å². The molecule has 2 aromatic heterocycles. The van der Waals surface area contributed by atoms with Gasteiger partial charge in [-0.2, -0.15) is 0 Å². The molecule has 0 radical (unpaired) electrons. The van der Waals surface area contributed by atoms with Crippen molar-refractivity contribution in [2.75, 3.05) is 5.73 Å². The molecule has 1 aromatic carbocycles. The third-order valence-corrected chi connectivity index (χ3v) is 3.81. The third kappa shape index (κ3) is 3.00. The van der Waals surface area contributed by atoms with Crippen molar-refractivity contribution in [1.29, 1.82) is 0 Å². The first kappa shape index (κ1) is 13.1. The Labute approximate surface area is 125 Å². The van der Waals surface area contributed by atoms with E-state index in [1.165, 1.54) is 23.2 Å². The molecule has 0 saturated carbocycles. The summed E-state index contributed by atoms with van der Waals surface area (Å²) >= 11 is 7.31. The molecular weight excluding hydrogens is 292 g/mol. The smallest absolute Gasteiger partial charge is 0.191 e. The fourth-order valence-corrected chi connectivity index (χ4v) is 2.83. The molecule has 0 amide bonds. The fourth-order valence-electron chi connectivity index (χ4n) is 1.82. The summed E-state index contributed by atoms with van der Waals surface area (Å²) in [6, 6.07) is 11.7. The maximum atomic E-state index is 5.85. The Bertz CT molecular complexity index is 743. The summed E-state index contributed by atoms with van der Waals surface area (Å²) in [6.07, 6.45) is 1.87. The number of fused-ring (bicyclic) bond motifs is 1. The average molecular weight is 303 g/mol. The van der Waals surface area contributed by atoms with Gasteiger partial charge in [0, 0.05) is 23.4 Å². The van der Waals surface area contributed by atoms with Crippen molar-refractivity contribution in [3.63, 3.8) is 0 Å². The molecule has 2 N–H and O–H groups in total. The topological polar surface area (TPSA) is 64.7 Å². The maximum Gasteiger partial charge on any atom is 0.191 e. The summed E-state index contributed by atoms with van der Waals surface area (Å²) < 4.78 is 0. The highest BCUT2D eigenvalue weighted by atomic mass is 35.5. The van der Waals surface area contributed by atoms with Crippen molar-refractivity contribution in [3.8, 4) is 0 Å². The van der Waals surface area contributed by atoms with Gasteiger partial charge in [0.25, 0.3) is 0 Å². The van der Waals surface area contributed by atoms with Gasteiger partial charge in [0.2, 0.25) is 0 Å². The molecule has 3 rings (SSSR count). The first-order valence-electron chi connectivity index (χ1n) is 5.97. The number of nitrogens with zero attached hydrogens (tertiary/aromatic N) is 3. The van der Waals surface area contributed by atoms with Crippen LogP contribution in [0.5, 0.6) is 0 Å². The molecule has 0 atom stereocenters. The van der Waals surface area contributed by atoms with Crippen molar-refractivity contribution < 1.29 is 0 Å². The van der Waals surface area contributed by atoms with Crippen molar-refractivity contribution >= 4 is 40.0 Å². The number of hydrogen-bond donors (Lipinski definition) is 1. The number of benzene rings is 1. The molecule has 0 unspecified atom stereocenters. The molecule has 3 aromatic rings. The van der Waals surface area contributed by atoms with Crippen molar-refractivity contribution in [2.45, 2.75) is 10.9 Å². The van der Waals surface area contributed by atoms with Crippen LogP contribution in [0.2, 0.25) is 5.15 Å². The molecule has 0 saturated heterocycles. The zero-order valence-electron chi connectivity index (χ0n) is 10.5. The molecular formula is C14H11ClN4S. The van der Waals surface area contributed by atoms with Crippen molar-refractivity contribution in [1.82, 2.24) is 15.0 Å². The summed E-state index contributed by atoms with van der Waals surface area (Å²) in [5, 5.41) is 3.21. The Morgan fingerprint density at radius 1 is 1.10 bits per heavy atom. The van der Waals surface area contributed by atoms with E-state index in [0.717, 1.165) is 11.1 Å². The standard InChI is InChI=1S/C14H11ClN4S/c15-12-6-13(16)19-14(18-12)20-8-11-5-9-3-1-2-4-10(9)7-17-11/h1-7H,8H2,(H2,16,18,19). The van der Waals surface area contributed by atoms with E-state index in [0.29, 0.717) is 21.9 Å². The zero-order valence-corrected chi connectivity index (χ0v) is 12.0. The van der Waals surface area contributed by atoms with Gasteiger partial charge in [-0.05, 0) is 11.5 Å². The molecule has 0 bridgehead atoms. The van der Waals surface area contributed by atoms with Gasteiger partial charge in [-0.15, -0.1) is 0 Å². The van der Waals surface area contributed by atoms with E-state index in [-0.39, 0.29) is 0 Å². The molecule has 0 aliphatic rings. The van der Waals surface area contributed by atoms with Gasteiger partial charge in [0.05, 0.1) is 5.69 Å². The Balaban J connectivity index is 1.79. The van der Waals surface area contributed by atoms with Crippen molar-refractivity contribution in [3.05, 3.63) is 53.4 Å². The second-order valence-corrected chi connectivity index (χ2v) is 5.54. The van der Waals surface area contributed by atoms with E-state index in [2.05, 4.69) is 27.1 Å². The lowest BCUT2D eigenvalue weighted by atomic mass is 10.1. The van der Waals surface area contributed by atoms with Crippen LogP contribution < -0.4 is 5.73 Å². The minimum absolute atomic E-state index is 0.353. The van der Waals surface area contributed by atoms with Crippen LogP contribution in [0.1, 0.15) is 5.69 Å². The lowest BCUT2D eigenvalue weighted by molar-refractivity contribution is 0.974. The Morgan fingerprint density at radius 3 is 2.70 bits per heavy atom.